The van der Waals surface area contributed by atoms with Crippen LogP contribution in [-0.2, 0) is 4.74 Å². The second-order valence-electron chi connectivity index (χ2n) is 5.23. The van der Waals surface area contributed by atoms with Crippen molar-refractivity contribution in [1.82, 2.24) is 9.97 Å². The van der Waals surface area contributed by atoms with Crippen LogP contribution >= 0.6 is 0 Å². The zero-order chi connectivity index (χ0) is 17.8. The second-order valence-corrected chi connectivity index (χ2v) is 5.23. The number of aromatic nitrogens is 2. The van der Waals surface area contributed by atoms with E-state index in [9.17, 15) is 10.1 Å². The van der Waals surface area contributed by atoms with Crippen molar-refractivity contribution >= 4 is 11.8 Å². The summed E-state index contributed by atoms with van der Waals surface area (Å²) in [5.41, 5.74) is 9.61. The number of nitriles is 1. The molecule has 0 saturated carbocycles. The highest BCUT2D eigenvalue weighted by atomic mass is 16.5. The van der Waals surface area contributed by atoms with Crippen molar-refractivity contribution < 1.29 is 9.53 Å². The Hall–Kier alpha value is -3.72. The van der Waals surface area contributed by atoms with Crippen LogP contribution in [-0.4, -0.2) is 23.0 Å². The molecule has 0 fully saturated rings. The Bertz CT molecular complexity index is 961. The normalized spacial score (nSPS) is 10.1. The summed E-state index contributed by atoms with van der Waals surface area (Å²) in [5, 5.41) is 9.45. The maximum absolute atomic E-state index is 11.6. The van der Waals surface area contributed by atoms with E-state index in [4.69, 9.17) is 10.5 Å². The quantitative estimate of drug-likeness (QED) is 0.741. The summed E-state index contributed by atoms with van der Waals surface area (Å²) in [7, 11) is 1.33. The first-order chi connectivity index (χ1) is 12.1. The summed E-state index contributed by atoms with van der Waals surface area (Å²) in [6.45, 7) is 0. The van der Waals surface area contributed by atoms with E-state index in [0.717, 1.165) is 11.1 Å². The molecule has 3 aromatic rings. The molecule has 3 rings (SSSR count). The number of nitrogen functional groups attached to an aromatic ring is 1. The van der Waals surface area contributed by atoms with Gasteiger partial charge in [-0.05, 0) is 35.9 Å². The molecule has 0 bridgehead atoms. The van der Waals surface area contributed by atoms with Crippen molar-refractivity contribution in [2.45, 2.75) is 0 Å². The summed E-state index contributed by atoms with van der Waals surface area (Å²) >= 11 is 0. The number of methoxy groups -OCH3 is 1. The molecule has 0 aliphatic rings. The van der Waals surface area contributed by atoms with Gasteiger partial charge in [-0.15, -0.1) is 0 Å². The number of esters is 1. The number of hydrogen-bond acceptors (Lipinski definition) is 6. The van der Waals surface area contributed by atoms with Crippen molar-refractivity contribution in [2.24, 2.45) is 0 Å². The van der Waals surface area contributed by atoms with Gasteiger partial charge in [0.2, 0.25) is 0 Å². The molecule has 0 aliphatic carbocycles. The van der Waals surface area contributed by atoms with Crippen molar-refractivity contribution in [3.63, 3.8) is 0 Å². The highest BCUT2D eigenvalue weighted by molar-refractivity contribution is 5.90. The molecule has 122 valence electrons. The monoisotopic (exact) mass is 330 g/mol. The van der Waals surface area contributed by atoms with E-state index in [1.165, 1.54) is 7.11 Å². The van der Waals surface area contributed by atoms with Gasteiger partial charge in [0.05, 0.1) is 18.4 Å². The first-order valence-electron chi connectivity index (χ1n) is 7.44. The second kappa shape index (κ2) is 6.81. The van der Waals surface area contributed by atoms with Crippen LogP contribution < -0.4 is 5.73 Å². The molecule has 6 nitrogen and oxygen atoms in total. The SMILES string of the molecule is COC(=O)c1ccc(-c2cc(-c3ccncc3)nc(N)c2C#N)cc1. The molecule has 0 amide bonds. The molecule has 0 radical (unpaired) electrons. The zero-order valence-electron chi connectivity index (χ0n) is 13.4. The van der Waals surface area contributed by atoms with E-state index in [2.05, 4.69) is 16.0 Å². The van der Waals surface area contributed by atoms with Crippen molar-refractivity contribution in [2.75, 3.05) is 12.8 Å². The fourth-order valence-corrected chi connectivity index (χ4v) is 2.48. The fraction of sp³-hybridized carbons (Fsp3) is 0.0526. The van der Waals surface area contributed by atoms with Crippen LogP contribution in [0.15, 0.2) is 54.9 Å². The standard InChI is InChI=1S/C19H14N4O2/c1-25-19(24)14-4-2-12(3-5-14)15-10-17(13-6-8-22-9-7-13)23-18(21)16(15)11-20/h2-10H,1H3,(H2,21,23). The third-order valence-corrected chi connectivity index (χ3v) is 3.75. The average molecular weight is 330 g/mol. The molecular weight excluding hydrogens is 316 g/mol. The van der Waals surface area contributed by atoms with E-state index in [0.29, 0.717) is 22.4 Å². The van der Waals surface area contributed by atoms with E-state index in [1.54, 1.807) is 42.7 Å². The van der Waals surface area contributed by atoms with E-state index >= 15 is 0 Å². The smallest absolute Gasteiger partial charge is 0.337 e. The number of ether oxygens (including phenoxy) is 1. The lowest BCUT2D eigenvalue weighted by atomic mass is 9.98. The van der Waals surface area contributed by atoms with Crippen LogP contribution in [0.1, 0.15) is 15.9 Å². The summed E-state index contributed by atoms with van der Waals surface area (Å²) < 4.78 is 4.70. The summed E-state index contributed by atoms with van der Waals surface area (Å²) in [6, 6.07) is 14.3. The molecule has 0 unspecified atom stereocenters. The van der Waals surface area contributed by atoms with E-state index in [1.807, 2.05) is 12.1 Å². The van der Waals surface area contributed by atoms with Gasteiger partial charge in [-0.3, -0.25) is 4.98 Å². The minimum atomic E-state index is -0.418. The van der Waals surface area contributed by atoms with Crippen LogP contribution in [0.5, 0.6) is 0 Å². The number of hydrogen-bond donors (Lipinski definition) is 1. The highest BCUT2D eigenvalue weighted by Crippen LogP contribution is 2.31. The maximum Gasteiger partial charge on any atom is 0.337 e. The molecule has 6 heteroatoms. The predicted molar refractivity (Wildman–Crippen MR) is 93.4 cm³/mol. The van der Waals surface area contributed by atoms with E-state index in [-0.39, 0.29) is 5.82 Å². The lowest BCUT2D eigenvalue weighted by Crippen LogP contribution is -2.02. The van der Waals surface area contributed by atoms with Gasteiger partial charge in [-0.25, -0.2) is 9.78 Å². The molecule has 2 heterocycles. The van der Waals surface area contributed by atoms with Crippen molar-refractivity contribution in [3.8, 4) is 28.5 Å². The summed E-state index contributed by atoms with van der Waals surface area (Å²) in [6.07, 6.45) is 3.33. The topological polar surface area (TPSA) is 102 Å². The Labute approximate surface area is 144 Å². The molecule has 0 aliphatic heterocycles. The number of benzene rings is 1. The minimum Gasteiger partial charge on any atom is -0.465 e. The van der Waals surface area contributed by atoms with Crippen molar-refractivity contribution in [1.29, 1.82) is 5.26 Å². The van der Waals surface area contributed by atoms with Crippen LogP contribution in [0, 0.1) is 11.3 Å². The van der Waals surface area contributed by atoms with Crippen LogP contribution in [0.2, 0.25) is 0 Å². The van der Waals surface area contributed by atoms with E-state index < -0.39 is 5.97 Å². The average Bonchev–Trinajstić information content (AvgIpc) is 2.67. The predicted octanol–water partition coefficient (Wildman–Crippen LogP) is 3.05. The number of carbonyl (C=O) groups is 1. The van der Waals surface area contributed by atoms with Gasteiger partial charge in [0.15, 0.2) is 0 Å². The number of nitrogens with two attached hydrogens (primary N) is 1. The number of nitrogens with zero attached hydrogens (tertiary/aromatic N) is 3. The van der Waals surface area contributed by atoms with Gasteiger partial charge in [-0.1, -0.05) is 12.1 Å². The Morgan fingerprint density at radius 2 is 1.80 bits per heavy atom. The van der Waals surface area contributed by atoms with Crippen LogP contribution in [0.3, 0.4) is 0 Å². The lowest BCUT2D eigenvalue weighted by Gasteiger charge is -2.10. The molecule has 2 N–H and O–H groups in total. The van der Waals surface area contributed by atoms with Gasteiger partial charge in [0.1, 0.15) is 17.5 Å². The number of pyridine rings is 2. The Morgan fingerprint density at radius 3 is 2.40 bits per heavy atom. The first-order valence-corrected chi connectivity index (χ1v) is 7.44. The van der Waals surface area contributed by atoms with Gasteiger partial charge < -0.3 is 10.5 Å². The van der Waals surface area contributed by atoms with Gasteiger partial charge in [0, 0.05) is 23.5 Å². The lowest BCUT2D eigenvalue weighted by molar-refractivity contribution is 0.0601. The fourth-order valence-electron chi connectivity index (χ4n) is 2.48. The van der Waals surface area contributed by atoms with Crippen molar-refractivity contribution in [3.05, 3.63) is 66.0 Å². The van der Waals surface area contributed by atoms with Gasteiger partial charge >= 0.3 is 5.97 Å². The van der Waals surface area contributed by atoms with Crippen LogP contribution in [0.4, 0.5) is 5.82 Å². The third kappa shape index (κ3) is 3.16. The Balaban J connectivity index is 2.13. The Kier molecular flexibility index (Phi) is 4.40. The Morgan fingerprint density at radius 1 is 1.12 bits per heavy atom. The van der Waals surface area contributed by atoms with Gasteiger partial charge in [-0.2, -0.15) is 5.26 Å². The first kappa shape index (κ1) is 16.1. The summed E-state index contributed by atoms with van der Waals surface area (Å²) in [5.74, 6) is -0.261. The highest BCUT2D eigenvalue weighted by Gasteiger charge is 2.14. The molecule has 2 aromatic heterocycles. The molecular formula is C19H14N4O2. The number of anilines is 1. The summed E-state index contributed by atoms with van der Waals surface area (Å²) in [4.78, 5) is 19.9. The molecule has 0 saturated heterocycles. The largest absolute Gasteiger partial charge is 0.465 e. The number of carbonyl (C=O) groups excluding carboxylic acids is 1. The zero-order valence-corrected chi connectivity index (χ0v) is 13.4. The third-order valence-electron chi connectivity index (χ3n) is 3.75. The number of rotatable bonds is 3. The molecule has 0 spiro atoms. The van der Waals surface area contributed by atoms with Gasteiger partial charge in [0.25, 0.3) is 0 Å². The molecule has 0 atom stereocenters. The minimum absolute atomic E-state index is 0.156. The van der Waals surface area contributed by atoms with Crippen LogP contribution in [0.25, 0.3) is 22.4 Å². The molecule has 1 aromatic carbocycles. The maximum atomic E-state index is 11.6. The molecule has 25 heavy (non-hydrogen) atoms.